The van der Waals surface area contributed by atoms with Crippen LogP contribution in [-0.2, 0) is 0 Å². The van der Waals surface area contributed by atoms with Gasteiger partial charge in [-0.25, -0.2) is 0 Å². The Balaban J connectivity index is 2.05. The van der Waals surface area contributed by atoms with Gasteiger partial charge in [0.15, 0.2) is 5.43 Å². The van der Waals surface area contributed by atoms with Crippen LogP contribution < -0.4 is 10.4 Å². The van der Waals surface area contributed by atoms with Gasteiger partial charge in [-0.2, -0.15) is 0 Å². The Morgan fingerprint density at radius 2 is 1.36 bits per heavy atom. The molecule has 1 aliphatic rings. The highest BCUT2D eigenvalue weighted by Crippen LogP contribution is 2.29. The minimum atomic E-state index is 0.0909. The van der Waals surface area contributed by atoms with E-state index in [2.05, 4.69) is 34.0 Å². The first kappa shape index (κ1) is 15.7. The number of hydrogen-bond acceptors (Lipinski definition) is 2. The first-order valence-corrected chi connectivity index (χ1v) is 8.88. The predicted octanol–water partition coefficient (Wildman–Crippen LogP) is 4.22. The maximum Gasteiger partial charge on any atom is 0.185 e. The van der Waals surface area contributed by atoms with Crippen LogP contribution in [0.2, 0.25) is 0 Å². The molecular formula is C22H22N2O. The summed E-state index contributed by atoms with van der Waals surface area (Å²) in [6, 6.07) is 22.2. The van der Waals surface area contributed by atoms with E-state index in [1.807, 2.05) is 43.3 Å². The van der Waals surface area contributed by atoms with Crippen molar-refractivity contribution < 1.29 is 0 Å². The van der Waals surface area contributed by atoms with Gasteiger partial charge in [-0.05, 0) is 19.8 Å². The van der Waals surface area contributed by atoms with Crippen LogP contribution in [0.4, 0.5) is 0 Å². The maximum absolute atomic E-state index is 12.7. The average molecular weight is 330 g/mol. The van der Waals surface area contributed by atoms with Gasteiger partial charge >= 0.3 is 0 Å². The van der Waals surface area contributed by atoms with E-state index in [-0.39, 0.29) is 5.43 Å². The van der Waals surface area contributed by atoms with E-state index in [9.17, 15) is 4.79 Å². The van der Waals surface area contributed by atoms with Crippen molar-refractivity contribution in [3.63, 3.8) is 0 Å². The van der Waals surface area contributed by atoms with Crippen molar-refractivity contribution in [2.45, 2.75) is 19.8 Å². The summed E-state index contributed by atoms with van der Waals surface area (Å²) in [5.41, 5.74) is 5.03. The van der Waals surface area contributed by atoms with E-state index in [0.29, 0.717) is 0 Å². The number of pyridine rings is 1. The molecule has 126 valence electrons. The lowest BCUT2D eigenvalue weighted by Gasteiger charge is -2.30. The van der Waals surface area contributed by atoms with Gasteiger partial charge in [0.1, 0.15) is 0 Å². The number of aromatic nitrogens is 1. The first-order chi connectivity index (χ1) is 12.3. The van der Waals surface area contributed by atoms with E-state index in [1.54, 1.807) is 6.07 Å². The van der Waals surface area contributed by atoms with Crippen molar-refractivity contribution in [2.75, 3.05) is 18.1 Å². The molecule has 3 heteroatoms. The molecule has 3 nitrogen and oxygen atoms in total. The molecule has 2 heterocycles. The highest BCUT2D eigenvalue weighted by molar-refractivity contribution is 5.70. The summed E-state index contributed by atoms with van der Waals surface area (Å²) in [5.74, 6) is 0. The Morgan fingerprint density at radius 1 is 0.800 bits per heavy atom. The van der Waals surface area contributed by atoms with Crippen molar-refractivity contribution in [2.24, 2.45) is 0 Å². The van der Waals surface area contributed by atoms with Crippen LogP contribution in [0.3, 0.4) is 0 Å². The van der Waals surface area contributed by atoms with Gasteiger partial charge in [-0.1, -0.05) is 60.7 Å². The van der Waals surface area contributed by atoms with E-state index in [0.717, 1.165) is 41.2 Å². The summed E-state index contributed by atoms with van der Waals surface area (Å²) in [4.78, 5) is 12.7. The molecule has 0 amide bonds. The minimum Gasteiger partial charge on any atom is -0.312 e. The average Bonchev–Trinajstić information content (AvgIpc) is 3.19. The van der Waals surface area contributed by atoms with Crippen LogP contribution in [0.5, 0.6) is 0 Å². The fraction of sp³-hybridized carbons (Fsp3) is 0.227. The van der Waals surface area contributed by atoms with E-state index in [4.69, 9.17) is 0 Å². The van der Waals surface area contributed by atoms with Gasteiger partial charge in [-0.3, -0.25) is 9.47 Å². The summed E-state index contributed by atoms with van der Waals surface area (Å²) >= 11 is 0. The first-order valence-electron chi connectivity index (χ1n) is 8.88. The van der Waals surface area contributed by atoms with Gasteiger partial charge in [0.25, 0.3) is 0 Å². The second kappa shape index (κ2) is 6.60. The Bertz CT molecular complexity index is 923. The summed E-state index contributed by atoms with van der Waals surface area (Å²) in [5, 5.41) is 2.37. The van der Waals surface area contributed by atoms with Crippen LogP contribution >= 0.6 is 0 Å². The number of hydrogen-bond donors (Lipinski definition) is 0. The fourth-order valence-electron chi connectivity index (χ4n) is 3.63. The number of nitrogens with zero attached hydrogens (tertiary/aromatic N) is 2. The molecule has 0 atom stereocenters. The molecule has 0 unspecified atom stereocenters. The lowest BCUT2D eigenvalue weighted by molar-refractivity contribution is 0.669. The third kappa shape index (κ3) is 2.86. The van der Waals surface area contributed by atoms with Crippen LogP contribution in [-0.4, -0.2) is 17.8 Å². The van der Waals surface area contributed by atoms with Crippen molar-refractivity contribution >= 4 is 0 Å². The van der Waals surface area contributed by atoms with Crippen molar-refractivity contribution in [1.29, 1.82) is 0 Å². The Labute approximate surface area is 148 Å². The largest absolute Gasteiger partial charge is 0.312 e. The Morgan fingerprint density at radius 3 is 1.96 bits per heavy atom. The van der Waals surface area contributed by atoms with Crippen molar-refractivity contribution in [3.05, 3.63) is 82.5 Å². The SMILES string of the molecule is Cc1c(-c2ccccc2)n(N2CCCC2)c(-c2ccccc2)cc1=O. The van der Waals surface area contributed by atoms with Crippen LogP contribution in [0.1, 0.15) is 18.4 Å². The van der Waals surface area contributed by atoms with Crippen LogP contribution in [0.25, 0.3) is 22.5 Å². The molecule has 1 fully saturated rings. The summed E-state index contributed by atoms with van der Waals surface area (Å²) in [6.07, 6.45) is 2.38. The fourth-order valence-corrected chi connectivity index (χ4v) is 3.63. The second-order valence-corrected chi connectivity index (χ2v) is 6.57. The lowest BCUT2D eigenvalue weighted by atomic mass is 10.0. The summed E-state index contributed by atoms with van der Waals surface area (Å²) in [6.45, 7) is 3.97. The molecule has 3 aromatic rings. The van der Waals surface area contributed by atoms with Gasteiger partial charge in [-0.15, -0.1) is 0 Å². The zero-order valence-electron chi connectivity index (χ0n) is 14.5. The van der Waals surface area contributed by atoms with Crippen molar-refractivity contribution in [3.8, 4) is 22.5 Å². The molecule has 0 radical (unpaired) electrons. The van der Waals surface area contributed by atoms with Crippen LogP contribution in [0.15, 0.2) is 71.5 Å². The molecule has 4 rings (SSSR count). The van der Waals surface area contributed by atoms with Gasteiger partial charge < -0.3 is 5.01 Å². The van der Waals surface area contributed by atoms with E-state index in [1.165, 1.54) is 12.8 Å². The molecule has 1 saturated heterocycles. The summed E-state index contributed by atoms with van der Waals surface area (Å²) in [7, 11) is 0. The number of benzene rings is 2. The maximum atomic E-state index is 12.7. The molecule has 1 aliphatic heterocycles. The topological polar surface area (TPSA) is 25.2 Å². The second-order valence-electron chi connectivity index (χ2n) is 6.57. The third-order valence-electron chi connectivity index (χ3n) is 4.91. The third-order valence-corrected chi connectivity index (χ3v) is 4.91. The smallest absolute Gasteiger partial charge is 0.185 e. The highest BCUT2D eigenvalue weighted by atomic mass is 16.1. The number of rotatable bonds is 3. The van der Waals surface area contributed by atoms with Gasteiger partial charge in [0.05, 0.1) is 11.4 Å². The molecule has 0 saturated carbocycles. The van der Waals surface area contributed by atoms with E-state index < -0.39 is 0 Å². The molecule has 25 heavy (non-hydrogen) atoms. The van der Waals surface area contributed by atoms with Crippen molar-refractivity contribution in [1.82, 2.24) is 4.68 Å². The van der Waals surface area contributed by atoms with E-state index >= 15 is 0 Å². The quantitative estimate of drug-likeness (QED) is 0.718. The van der Waals surface area contributed by atoms with Crippen LogP contribution in [0, 0.1) is 6.92 Å². The molecule has 0 aliphatic carbocycles. The Hall–Kier alpha value is -2.81. The lowest BCUT2D eigenvalue weighted by Crippen LogP contribution is -2.35. The molecule has 0 spiro atoms. The molecule has 1 aromatic heterocycles. The minimum absolute atomic E-state index is 0.0909. The molecule has 2 aromatic carbocycles. The normalized spacial score (nSPS) is 14.0. The molecular weight excluding hydrogens is 308 g/mol. The molecule has 0 N–H and O–H groups in total. The van der Waals surface area contributed by atoms with Gasteiger partial charge in [0.2, 0.25) is 0 Å². The zero-order valence-corrected chi connectivity index (χ0v) is 14.5. The molecule has 0 bridgehead atoms. The standard InChI is InChI=1S/C22H22N2O/c1-17-21(25)16-20(18-10-4-2-5-11-18)24(23-14-8-9-15-23)22(17)19-12-6-3-7-13-19/h2-7,10-13,16H,8-9,14-15H2,1H3. The zero-order chi connectivity index (χ0) is 17.2. The highest BCUT2D eigenvalue weighted by Gasteiger charge is 2.22. The monoisotopic (exact) mass is 330 g/mol. The summed E-state index contributed by atoms with van der Waals surface area (Å²) < 4.78 is 2.27. The van der Waals surface area contributed by atoms with Gasteiger partial charge in [0, 0.05) is 35.8 Å². The Kier molecular flexibility index (Phi) is 4.14. The predicted molar refractivity (Wildman–Crippen MR) is 103 cm³/mol.